The molecular formula is C7H6N4O5. The van der Waals surface area contributed by atoms with Gasteiger partial charge in [0.25, 0.3) is 5.91 Å². The summed E-state index contributed by atoms with van der Waals surface area (Å²) in [6.07, 6.45) is 0. The second kappa shape index (κ2) is 3.81. The number of hydrogen-bond acceptors (Lipinski definition) is 6. The standard InChI is InChI=1S/C7H6N4O5/c8-3-1-4(7(9)12)6(11(15)16)5(2-3)10(13)14/h1-2H,8H2,(H2,9,12). The van der Waals surface area contributed by atoms with Gasteiger partial charge in [-0.15, -0.1) is 0 Å². The highest BCUT2D eigenvalue weighted by Gasteiger charge is 2.31. The zero-order chi connectivity index (χ0) is 12.5. The molecule has 0 atom stereocenters. The first-order chi connectivity index (χ1) is 7.34. The van der Waals surface area contributed by atoms with Crippen LogP contribution in [0.1, 0.15) is 10.4 Å². The molecule has 1 aromatic rings. The molecule has 0 radical (unpaired) electrons. The Morgan fingerprint density at radius 3 is 2.12 bits per heavy atom. The van der Waals surface area contributed by atoms with E-state index in [-0.39, 0.29) is 5.69 Å². The first-order valence-electron chi connectivity index (χ1n) is 3.86. The molecule has 0 bridgehead atoms. The van der Waals surface area contributed by atoms with E-state index in [1.165, 1.54) is 0 Å². The number of anilines is 1. The van der Waals surface area contributed by atoms with E-state index < -0.39 is 32.7 Å². The van der Waals surface area contributed by atoms with Gasteiger partial charge in [0.05, 0.1) is 9.85 Å². The highest BCUT2D eigenvalue weighted by Crippen LogP contribution is 2.32. The summed E-state index contributed by atoms with van der Waals surface area (Å²) in [4.78, 5) is 30.0. The smallest absolute Gasteiger partial charge is 0.358 e. The molecule has 4 N–H and O–H groups in total. The van der Waals surface area contributed by atoms with E-state index in [1.54, 1.807) is 0 Å². The molecule has 16 heavy (non-hydrogen) atoms. The van der Waals surface area contributed by atoms with E-state index in [9.17, 15) is 25.0 Å². The van der Waals surface area contributed by atoms with Crippen molar-refractivity contribution in [3.8, 4) is 0 Å². The number of nitrogen functional groups attached to an aromatic ring is 1. The lowest BCUT2D eigenvalue weighted by Crippen LogP contribution is -2.15. The van der Waals surface area contributed by atoms with E-state index in [4.69, 9.17) is 11.5 Å². The van der Waals surface area contributed by atoms with Gasteiger partial charge < -0.3 is 11.5 Å². The van der Waals surface area contributed by atoms with Crippen molar-refractivity contribution in [2.45, 2.75) is 0 Å². The Labute approximate surface area is 87.9 Å². The molecule has 84 valence electrons. The minimum Gasteiger partial charge on any atom is -0.398 e. The van der Waals surface area contributed by atoms with E-state index in [0.29, 0.717) is 0 Å². The fraction of sp³-hybridized carbons (Fsp3) is 0. The summed E-state index contributed by atoms with van der Waals surface area (Å²) >= 11 is 0. The molecule has 0 fully saturated rings. The van der Waals surface area contributed by atoms with Crippen molar-refractivity contribution in [2.24, 2.45) is 5.73 Å². The molecule has 0 spiro atoms. The van der Waals surface area contributed by atoms with Crippen LogP contribution in [0.25, 0.3) is 0 Å². The number of rotatable bonds is 3. The molecule has 1 rings (SSSR count). The van der Waals surface area contributed by atoms with Crippen molar-refractivity contribution >= 4 is 23.0 Å². The van der Waals surface area contributed by atoms with E-state index in [1.807, 2.05) is 0 Å². The summed E-state index contributed by atoms with van der Waals surface area (Å²) in [5.74, 6) is -1.15. The summed E-state index contributed by atoms with van der Waals surface area (Å²) in [7, 11) is 0. The number of primary amides is 1. The average molecular weight is 226 g/mol. The van der Waals surface area contributed by atoms with Crippen LogP contribution in [0, 0.1) is 20.2 Å². The first kappa shape index (κ1) is 11.4. The quantitative estimate of drug-likeness (QED) is 0.425. The van der Waals surface area contributed by atoms with Crippen molar-refractivity contribution in [3.05, 3.63) is 37.9 Å². The van der Waals surface area contributed by atoms with E-state index in [2.05, 4.69) is 0 Å². The number of carbonyl (C=O) groups excluding carboxylic acids is 1. The number of nitrogens with zero attached hydrogens (tertiary/aromatic N) is 2. The Kier molecular flexibility index (Phi) is 2.70. The third kappa shape index (κ3) is 1.87. The van der Waals surface area contributed by atoms with Crippen LogP contribution in [0.5, 0.6) is 0 Å². The van der Waals surface area contributed by atoms with Crippen LogP contribution < -0.4 is 11.5 Å². The number of amides is 1. The number of nitro benzene ring substituents is 2. The number of nitrogens with two attached hydrogens (primary N) is 2. The van der Waals surface area contributed by atoms with Crippen molar-refractivity contribution in [1.29, 1.82) is 0 Å². The molecule has 0 unspecified atom stereocenters. The van der Waals surface area contributed by atoms with Crippen LogP contribution in [0.3, 0.4) is 0 Å². The summed E-state index contributed by atoms with van der Waals surface area (Å²) < 4.78 is 0. The molecular weight excluding hydrogens is 220 g/mol. The Morgan fingerprint density at radius 2 is 1.75 bits per heavy atom. The molecule has 0 aliphatic rings. The minimum atomic E-state index is -1.15. The zero-order valence-corrected chi connectivity index (χ0v) is 7.75. The van der Waals surface area contributed by atoms with Gasteiger partial charge in [0.2, 0.25) is 0 Å². The largest absolute Gasteiger partial charge is 0.398 e. The van der Waals surface area contributed by atoms with Gasteiger partial charge in [-0.25, -0.2) is 0 Å². The summed E-state index contributed by atoms with van der Waals surface area (Å²) in [6.45, 7) is 0. The summed E-state index contributed by atoms with van der Waals surface area (Å²) in [5.41, 5.74) is 7.59. The molecule has 0 saturated heterocycles. The van der Waals surface area contributed by atoms with Gasteiger partial charge in [0.1, 0.15) is 5.56 Å². The lowest BCUT2D eigenvalue weighted by Gasteiger charge is -2.01. The Bertz CT molecular complexity index is 463. The monoisotopic (exact) mass is 226 g/mol. The van der Waals surface area contributed by atoms with Crippen molar-refractivity contribution in [1.82, 2.24) is 0 Å². The van der Waals surface area contributed by atoms with Crippen molar-refractivity contribution in [2.75, 3.05) is 5.73 Å². The zero-order valence-electron chi connectivity index (χ0n) is 7.75. The molecule has 0 aliphatic heterocycles. The van der Waals surface area contributed by atoms with E-state index >= 15 is 0 Å². The molecule has 0 aliphatic carbocycles. The maximum absolute atomic E-state index is 10.9. The molecule has 9 heteroatoms. The molecule has 0 saturated carbocycles. The molecule has 0 aromatic heterocycles. The van der Waals surface area contributed by atoms with Gasteiger partial charge in [-0.05, 0) is 6.07 Å². The normalized spacial score (nSPS) is 9.75. The first-order valence-corrected chi connectivity index (χ1v) is 3.86. The van der Waals surface area contributed by atoms with Crippen molar-refractivity contribution < 1.29 is 14.6 Å². The average Bonchev–Trinajstić information content (AvgIpc) is 2.15. The number of carbonyl (C=O) groups is 1. The number of nitro groups is 2. The van der Waals surface area contributed by atoms with Crippen molar-refractivity contribution in [3.63, 3.8) is 0 Å². The summed E-state index contributed by atoms with van der Waals surface area (Å²) in [6, 6.07) is 1.72. The van der Waals surface area contributed by atoms with Gasteiger partial charge in [-0.3, -0.25) is 25.0 Å². The Balaban J connectivity index is 3.67. The third-order valence-electron chi connectivity index (χ3n) is 1.76. The highest BCUT2D eigenvalue weighted by atomic mass is 16.6. The second-order valence-corrected chi connectivity index (χ2v) is 2.81. The highest BCUT2D eigenvalue weighted by molar-refractivity contribution is 5.99. The molecule has 0 heterocycles. The number of hydrogen-bond donors (Lipinski definition) is 2. The summed E-state index contributed by atoms with van der Waals surface area (Å²) in [5, 5.41) is 21.2. The molecule has 9 nitrogen and oxygen atoms in total. The second-order valence-electron chi connectivity index (χ2n) is 2.81. The Hall–Kier alpha value is -2.71. The maximum atomic E-state index is 10.9. The Morgan fingerprint density at radius 1 is 1.19 bits per heavy atom. The van der Waals surface area contributed by atoms with Gasteiger partial charge in [-0.1, -0.05) is 0 Å². The van der Waals surface area contributed by atoms with Gasteiger partial charge in [0.15, 0.2) is 0 Å². The van der Waals surface area contributed by atoms with Crippen LogP contribution in [-0.2, 0) is 0 Å². The SMILES string of the molecule is NC(=O)c1cc(N)cc([N+](=O)[O-])c1[N+](=O)[O-]. The predicted octanol–water partition coefficient (Wildman–Crippen LogP) is 0.184. The topological polar surface area (TPSA) is 155 Å². The van der Waals surface area contributed by atoms with Crippen LogP contribution in [0.15, 0.2) is 12.1 Å². The predicted molar refractivity (Wildman–Crippen MR) is 52.7 cm³/mol. The lowest BCUT2D eigenvalue weighted by molar-refractivity contribution is -0.422. The van der Waals surface area contributed by atoms with Crippen LogP contribution >= 0.6 is 0 Å². The van der Waals surface area contributed by atoms with Gasteiger partial charge in [-0.2, -0.15) is 0 Å². The fourth-order valence-corrected chi connectivity index (χ4v) is 1.16. The lowest BCUT2D eigenvalue weighted by atomic mass is 10.1. The van der Waals surface area contributed by atoms with Gasteiger partial charge in [0, 0.05) is 11.8 Å². The number of benzene rings is 1. The third-order valence-corrected chi connectivity index (χ3v) is 1.76. The molecule has 1 amide bonds. The fourth-order valence-electron chi connectivity index (χ4n) is 1.16. The van der Waals surface area contributed by atoms with Crippen LogP contribution in [0.2, 0.25) is 0 Å². The van der Waals surface area contributed by atoms with E-state index in [0.717, 1.165) is 12.1 Å². The maximum Gasteiger partial charge on any atom is 0.358 e. The van der Waals surface area contributed by atoms with Gasteiger partial charge >= 0.3 is 11.4 Å². The van der Waals surface area contributed by atoms with Crippen LogP contribution in [-0.4, -0.2) is 15.8 Å². The molecule has 1 aromatic carbocycles. The minimum absolute atomic E-state index is 0.147. The van der Waals surface area contributed by atoms with Crippen LogP contribution in [0.4, 0.5) is 17.1 Å².